The largest absolute Gasteiger partial charge is 0.339 e. The van der Waals surface area contributed by atoms with E-state index in [1.54, 1.807) is 6.33 Å². The van der Waals surface area contributed by atoms with Crippen molar-refractivity contribution in [1.29, 1.82) is 0 Å². The average Bonchev–Trinajstić information content (AvgIpc) is 3.14. The fourth-order valence-corrected chi connectivity index (χ4v) is 4.42. The number of nitrogens with zero attached hydrogens (tertiary/aromatic N) is 5. The van der Waals surface area contributed by atoms with Gasteiger partial charge in [-0.2, -0.15) is 4.98 Å². The third kappa shape index (κ3) is 2.71. The number of carbonyl (C=O) groups is 1. The molecule has 0 atom stereocenters. The van der Waals surface area contributed by atoms with Crippen molar-refractivity contribution in [3.63, 3.8) is 0 Å². The van der Waals surface area contributed by atoms with Gasteiger partial charge in [-0.25, -0.2) is 9.99 Å². The van der Waals surface area contributed by atoms with Gasteiger partial charge >= 0.3 is 0 Å². The van der Waals surface area contributed by atoms with Gasteiger partial charge < -0.3 is 4.52 Å². The number of pyridine rings is 1. The quantitative estimate of drug-likeness (QED) is 0.562. The van der Waals surface area contributed by atoms with Crippen molar-refractivity contribution in [3.05, 3.63) is 47.6 Å². The van der Waals surface area contributed by atoms with Gasteiger partial charge in [0.25, 0.3) is 5.91 Å². The maximum Gasteiger partial charge on any atom is 0.266 e. The van der Waals surface area contributed by atoms with Crippen molar-refractivity contribution >= 4 is 22.3 Å². The summed E-state index contributed by atoms with van der Waals surface area (Å²) >= 11 is 0. The molecule has 0 bridgehead atoms. The van der Waals surface area contributed by atoms with Crippen LogP contribution in [0.2, 0.25) is 0 Å². The molecule has 0 radical (unpaired) electrons. The fraction of sp³-hybridized carbons (Fsp3) is 0.364. The van der Waals surface area contributed by atoms with Gasteiger partial charge in [-0.05, 0) is 44.2 Å². The minimum atomic E-state index is -0.0907. The normalized spacial score (nSPS) is 17.2. The molecular formula is C22H22N6O2. The average molecular weight is 402 g/mol. The molecule has 2 aliphatic rings. The number of fused-ring (bicyclic) bond motifs is 3. The Morgan fingerprint density at radius 2 is 2.00 bits per heavy atom. The fourth-order valence-electron chi connectivity index (χ4n) is 4.42. The second-order valence-corrected chi connectivity index (χ2v) is 8.19. The highest BCUT2D eigenvalue weighted by molar-refractivity contribution is 6.10. The highest BCUT2D eigenvalue weighted by Gasteiger charge is 2.31. The lowest BCUT2D eigenvalue weighted by Gasteiger charge is -2.19. The van der Waals surface area contributed by atoms with Crippen LogP contribution >= 0.6 is 0 Å². The van der Waals surface area contributed by atoms with Gasteiger partial charge in [0.15, 0.2) is 0 Å². The van der Waals surface area contributed by atoms with E-state index in [0.717, 1.165) is 60.8 Å². The van der Waals surface area contributed by atoms with Crippen LogP contribution in [0.4, 0.5) is 0 Å². The van der Waals surface area contributed by atoms with Crippen LogP contribution < -0.4 is 5.43 Å². The van der Waals surface area contributed by atoms with E-state index >= 15 is 0 Å². The molecule has 0 spiro atoms. The minimum absolute atomic E-state index is 0.0907. The number of aromatic nitrogens is 4. The van der Waals surface area contributed by atoms with Crippen LogP contribution in [-0.2, 0) is 0 Å². The van der Waals surface area contributed by atoms with Crippen LogP contribution in [-0.4, -0.2) is 43.5 Å². The number of para-hydroxylation sites is 1. The number of hydrazine groups is 1. The van der Waals surface area contributed by atoms with Crippen LogP contribution in [0.15, 0.2) is 35.1 Å². The van der Waals surface area contributed by atoms with Crippen molar-refractivity contribution in [1.82, 2.24) is 30.0 Å². The molecule has 4 aromatic rings. The number of carbonyl (C=O) groups excluding carboxylic acids is 1. The van der Waals surface area contributed by atoms with E-state index in [2.05, 4.69) is 20.6 Å². The van der Waals surface area contributed by atoms with Crippen molar-refractivity contribution in [2.75, 3.05) is 13.1 Å². The molecule has 1 amide bonds. The number of hydrogen-bond donors (Lipinski definition) is 1. The highest BCUT2D eigenvalue weighted by Crippen LogP contribution is 2.40. The summed E-state index contributed by atoms with van der Waals surface area (Å²) in [6.07, 6.45) is 6.17. The summed E-state index contributed by atoms with van der Waals surface area (Å²) in [6.45, 7) is 3.74. The molecule has 1 N–H and O–H groups in total. The summed E-state index contributed by atoms with van der Waals surface area (Å²) in [5.74, 6) is 1.44. The van der Waals surface area contributed by atoms with Crippen LogP contribution in [0.1, 0.15) is 53.4 Å². The minimum Gasteiger partial charge on any atom is -0.339 e. The van der Waals surface area contributed by atoms with E-state index < -0.39 is 0 Å². The third-order valence-corrected chi connectivity index (χ3v) is 6.10. The monoisotopic (exact) mass is 402 g/mol. The Kier molecular flexibility index (Phi) is 3.89. The Morgan fingerprint density at radius 1 is 1.20 bits per heavy atom. The first-order valence-electron chi connectivity index (χ1n) is 10.5. The van der Waals surface area contributed by atoms with Crippen molar-refractivity contribution < 1.29 is 9.32 Å². The number of rotatable bonds is 4. The van der Waals surface area contributed by atoms with Crippen molar-refractivity contribution in [2.24, 2.45) is 0 Å². The zero-order valence-electron chi connectivity index (χ0n) is 16.8. The van der Waals surface area contributed by atoms with E-state index in [1.165, 1.54) is 0 Å². The molecule has 1 saturated carbocycles. The summed E-state index contributed by atoms with van der Waals surface area (Å²) in [6, 6.07) is 7.92. The standard InChI is InChI=1S/C22H22N6O2/c1-13-17(21(29)25-27-10-4-5-11-27)15-6-2-3-7-16(15)28-12-23-18(19(13)28)20-24-22(30-26-20)14-8-9-14/h2-3,6-7,12,14H,4-5,8-11H2,1H3,(H,25,29). The predicted octanol–water partition coefficient (Wildman–Crippen LogP) is 3.46. The Morgan fingerprint density at radius 3 is 2.80 bits per heavy atom. The lowest BCUT2D eigenvalue weighted by atomic mass is 10.0. The number of benzene rings is 1. The molecule has 2 fully saturated rings. The summed E-state index contributed by atoms with van der Waals surface area (Å²) in [5.41, 5.74) is 7.01. The van der Waals surface area contributed by atoms with Gasteiger partial charge in [0.2, 0.25) is 11.7 Å². The van der Waals surface area contributed by atoms with Crippen LogP contribution in [0, 0.1) is 6.92 Å². The molecule has 1 aliphatic heterocycles. The molecule has 8 heteroatoms. The second kappa shape index (κ2) is 6.63. The smallest absolute Gasteiger partial charge is 0.266 e. The first-order chi connectivity index (χ1) is 14.7. The molecule has 3 aromatic heterocycles. The zero-order chi connectivity index (χ0) is 20.2. The van der Waals surface area contributed by atoms with Gasteiger partial charge in [0, 0.05) is 24.4 Å². The Labute approximate surface area is 172 Å². The van der Waals surface area contributed by atoms with Gasteiger partial charge in [0.05, 0.1) is 16.6 Å². The number of nitrogens with one attached hydrogen (secondary N) is 1. The van der Waals surface area contributed by atoms with Gasteiger partial charge in [-0.15, -0.1) is 0 Å². The second-order valence-electron chi connectivity index (χ2n) is 8.19. The number of aryl methyl sites for hydroxylation is 1. The van der Waals surface area contributed by atoms with E-state index in [9.17, 15) is 4.79 Å². The number of amides is 1. The molecule has 1 saturated heterocycles. The summed E-state index contributed by atoms with van der Waals surface area (Å²) in [4.78, 5) is 22.5. The maximum atomic E-state index is 13.3. The Hall–Kier alpha value is -3.26. The Balaban J connectivity index is 1.54. The lowest BCUT2D eigenvalue weighted by molar-refractivity contribution is 0.0827. The van der Waals surface area contributed by atoms with Crippen molar-refractivity contribution in [2.45, 2.75) is 38.5 Å². The SMILES string of the molecule is Cc1c(C(=O)NN2CCCC2)c2ccccc2n2cnc(-c3noc(C4CC4)n3)c12. The van der Waals surface area contributed by atoms with Crippen LogP contribution in [0.5, 0.6) is 0 Å². The van der Waals surface area contributed by atoms with E-state index in [0.29, 0.717) is 28.9 Å². The molecule has 0 unspecified atom stereocenters. The molecule has 30 heavy (non-hydrogen) atoms. The molecule has 4 heterocycles. The molecule has 1 aromatic carbocycles. The van der Waals surface area contributed by atoms with Crippen molar-refractivity contribution in [3.8, 4) is 11.5 Å². The molecular weight excluding hydrogens is 380 g/mol. The topological polar surface area (TPSA) is 88.6 Å². The predicted molar refractivity (Wildman–Crippen MR) is 111 cm³/mol. The van der Waals surface area contributed by atoms with Gasteiger partial charge in [0.1, 0.15) is 12.0 Å². The van der Waals surface area contributed by atoms with E-state index in [1.807, 2.05) is 40.6 Å². The van der Waals surface area contributed by atoms with E-state index in [-0.39, 0.29) is 5.91 Å². The lowest BCUT2D eigenvalue weighted by Crippen LogP contribution is -2.40. The van der Waals surface area contributed by atoms with Crippen LogP contribution in [0.25, 0.3) is 27.9 Å². The number of hydrogen-bond acceptors (Lipinski definition) is 6. The number of imidazole rings is 1. The third-order valence-electron chi connectivity index (χ3n) is 6.10. The first-order valence-corrected chi connectivity index (χ1v) is 10.5. The molecule has 8 nitrogen and oxygen atoms in total. The highest BCUT2D eigenvalue weighted by atomic mass is 16.5. The van der Waals surface area contributed by atoms with Gasteiger partial charge in [-0.3, -0.25) is 14.6 Å². The maximum absolute atomic E-state index is 13.3. The summed E-state index contributed by atoms with van der Waals surface area (Å²) in [7, 11) is 0. The Bertz CT molecular complexity index is 1280. The van der Waals surface area contributed by atoms with Gasteiger partial charge in [-0.1, -0.05) is 23.4 Å². The summed E-state index contributed by atoms with van der Waals surface area (Å²) in [5, 5.41) is 7.08. The van der Waals surface area contributed by atoms with E-state index in [4.69, 9.17) is 4.52 Å². The zero-order valence-corrected chi connectivity index (χ0v) is 16.8. The molecule has 152 valence electrons. The first kappa shape index (κ1) is 17.6. The molecule has 6 rings (SSSR count). The summed E-state index contributed by atoms with van der Waals surface area (Å²) < 4.78 is 7.47. The van der Waals surface area contributed by atoms with Crippen LogP contribution in [0.3, 0.4) is 0 Å². The molecule has 1 aliphatic carbocycles.